The average molecular weight is 542 g/mol. The lowest BCUT2D eigenvalue weighted by molar-refractivity contribution is -0.154. The number of carbonyl (C=O) groups is 3. The van der Waals surface area contributed by atoms with E-state index in [-0.39, 0.29) is 30.7 Å². The highest BCUT2D eigenvalue weighted by Gasteiger charge is 2.29. The number of carbonyl (C=O) groups excluding carboxylic acids is 3. The Morgan fingerprint density at radius 3 is 2.13 bits per heavy atom. The molecule has 1 N–H and O–H groups in total. The van der Waals surface area contributed by atoms with Gasteiger partial charge < -0.3 is 29.0 Å². The lowest BCUT2D eigenvalue weighted by Gasteiger charge is -2.27. The molecule has 1 heterocycles. The van der Waals surface area contributed by atoms with Crippen molar-refractivity contribution in [3.8, 4) is 28.7 Å². The van der Waals surface area contributed by atoms with E-state index in [2.05, 4.69) is 5.32 Å². The molecule has 3 rings (SSSR count). The van der Waals surface area contributed by atoms with Crippen LogP contribution in [0, 0.1) is 0 Å². The third kappa shape index (κ3) is 7.34. The fraction of sp³-hybridized carbons (Fsp3) is 0.393. The molecule has 1 aliphatic heterocycles. The number of nitrogens with one attached hydrogen (secondary N) is 1. The molecule has 3 amide bonds. The van der Waals surface area contributed by atoms with Crippen LogP contribution in [-0.2, 0) is 20.8 Å². The molecule has 0 bridgehead atoms. The third-order valence-corrected chi connectivity index (χ3v) is 6.22. The number of hydrogen-bond acceptors (Lipinski definition) is 8. The lowest BCUT2D eigenvalue weighted by Crippen LogP contribution is -2.48. The van der Waals surface area contributed by atoms with Crippen LogP contribution < -0.4 is 29.0 Å². The molecule has 1 saturated heterocycles. The molecule has 11 heteroatoms. The fourth-order valence-corrected chi connectivity index (χ4v) is 4.21. The quantitative estimate of drug-likeness (QED) is 0.408. The van der Waals surface area contributed by atoms with Crippen LogP contribution in [0.5, 0.6) is 28.7 Å². The van der Waals surface area contributed by atoms with Gasteiger partial charge in [-0.1, -0.05) is 0 Å². The number of rotatable bonds is 12. The summed E-state index contributed by atoms with van der Waals surface area (Å²) in [5, 5.41) is 5.40. The van der Waals surface area contributed by atoms with Crippen molar-refractivity contribution in [3.05, 3.63) is 47.5 Å². The highest BCUT2D eigenvalue weighted by atomic mass is 16.5. The Balaban J connectivity index is 1.55. The van der Waals surface area contributed by atoms with E-state index in [0.29, 0.717) is 60.2 Å². The van der Waals surface area contributed by atoms with Crippen molar-refractivity contribution < 1.29 is 38.1 Å². The van der Waals surface area contributed by atoms with Gasteiger partial charge in [0.05, 0.1) is 42.1 Å². The van der Waals surface area contributed by atoms with E-state index >= 15 is 0 Å². The van der Waals surface area contributed by atoms with Gasteiger partial charge in [-0.05, 0) is 54.8 Å². The second kappa shape index (κ2) is 13.9. The Hall–Kier alpha value is -4.41. The van der Waals surface area contributed by atoms with Crippen LogP contribution in [0.25, 0.3) is 6.08 Å². The van der Waals surface area contributed by atoms with Gasteiger partial charge >= 0.3 is 0 Å². The van der Waals surface area contributed by atoms with Crippen molar-refractivity contribution in [2.24, 2.45) is 0 Å². The Morgan fingerprint density at radius 2 is 1.51 bits per heavy atom. The molecule has 2 aromatic carbocycles. The van der Waals surface area contributed by atoms with Crippen LogP contribution in [0.3, 0.4) is 0 Å². The maximum atomic E-state index is 12.9. The number of hydrazine groups is 1. The summed E-state index contributed by atoms with van der Waals surface area (Å²) in [6, 6.07) is 8.82. The van der Waals surface area contributed by atoms with Crippen molar-refractivity contribution in [2.75, 3.05) is 55.2 Å². The van der Waals surface area contributed by atoms with Crippen LogP contribution in [0.1, 0.15) is 24.0 Å². The zero-order valence-electron chi connectivity index (χ0n) is 22.9. The first kappa shape index (κ1) is 29.2. The molecule has 1 aliphatic rings. The number of methoxy groups -OCH3 is 5. The van der Waals surface area contributed by atoms with Crippen molar-refractivity contribution in [1.82, 2.24) is 15.3 Å². The van der Waals surface area contributed by atoms with Crippen LogP contribution in [0.15, 0.2) is 36.4 Å². The number of hydrogen-bond donors (Lipinski definition) is 1. The van der Waals surface area contributed by atoms with Crippen molar-refractivity contribution in [3.63, 3.8) is 0 Å². The molecule has 0 unspecified atom stereocenters. The van der Waals surface area contributed by atoms with Gasteiger partial charge in [0.2, 0.25) is 11.7 Å². The Labute approximate surface area is 228 Å². The molecular weight excluding hydrogens is 506 g/mol. The van der Waals surface area contributed by atoms with E-state index in [1.165, 1.54) is 37.4 Å². The van der Waals surface area contributed by atoms with Crippen molar-refractivity contribution >= 4 is 23.8 Å². The van der Waals surface area contributed by atoms with Crippen molar-refractivity contribution in [1.29, 1.82) is 0 Å². The number of ether oxygens (including phenoxy) is 5. The highest BCUT2D eigenvalue weighted by Crippen LogP contribution is 2.38. The second-order valence-corrected chi connectivity index (χ2v) is 8.58. The van der Waals surface area contributed by atoms with Crippen LogP contribution >= 0.6 is 0 Å². The highest BCUT2D eigenvalue weighted by molar-refractivity contribution is 5.94. The zero-order chi connectivity index (χ0) is 28.4. The number of aryl methyl sites for hydroxylation is 1. The molecule has 0 radical (unpaired) electrons. The van der Waals surface area contributed by atoms with Crippen LogP contribution in [0.4, 0.5) is 0 Å². The predicted octanol–water partition coefficient (Wildman–Crippen LogP) is 2.47. The first-order valence-electron chi connectivity index (χ1n) is 12.4. The minimum Gasteiger partial charge on any atom is -0.497 e. The molecule has 11 nitrogen and oxygen atoms in total. The van der Waals surface area contributed by atoms with Gasteiger partial charge in [0.15, 0.2) is 11.5 Å². The molecular formula is C28H35N3O8. The van der Waals surface area contributed by atoms with Crippen LogP contribution in [0.2, 0.25) is 0 Å². The molecule has 0 aromatic heterocycles. The number of benzene rings is 2. The first-order valence-corrected chi connectivity index (χ1v) is 12.4. The van der Waals surface area contributed by atoms with E-state index in [4.69, 9.17) is 23.7 Å². The smallest absolute Gasteiger partial charge is 0.265 e. The second-order valence-electron chi connectivity index (χ2n) is 8.58. The molecule has 39 heavy (non-hydrogen) atoms. The van der Waals surface area contributed by atoms with E-state index in [1.54, 1.807) is 50.6 Å². The van der Waals surface area contributed by atoms with Gasteiger partial charge in [-0.3, -0.25) is 14.4 Å². The van der Waals surface area contributed by atoms with E-state index in [0.717, 1.165) is 5.56 Å². The van der Waals surface area contributed by atoms with Crippen molar-refractivity contribution in [2.45, 2.75) is 19.3 Å². The third-order valence-electron chi connectivity index (χ3n) is 6.22. The number of amides is 3. The maximum Gasteiger partial charge on any atom is 0.265 e. The van der Waals surface area contributed by atoms with Gasteiger partial charge in [-0.2, -0.15) is 0 Å². The Kier molecular flexibility index (Phi) is 10.4. The lowest BCUT2D eigenvalue weighted by atomic mass is 10.1. The summed E-state index contributed by atoms with van der Waals surface area (Å²) in [5.74, 6) is 1.68. The molecule has 1 fully saturated rings. The molecule has 0 atom stereocenters. The SMILES string of the molecule is COc1ccc(OC)c(C=CC(=O)N2CCCN2C(=O)CNC(=O)CCc2cc(OC)c(OC)c(OC)c2)c1. The van der Waals surface area contributed by atoms with Gasteiger partial charge in [0.1, 0.15) is 11.5 Å². The summed E-state index contributed by atoms with van der Waals surface area (Å²) in [4.78, 5) is 38.2. The summed E-state index contributed by atoms with van der Waals surface area (Å²) < 4.78 is 26.6. The predicted molar refractivity (Wildman–Crippen MR) is 144 cm³/mol. The van der Waals surface area contributed by atoms with Gasteiger partial charge in [0, 0.05) is 31.1 Å². The largest absolute Gasteiger partial charge is 0.497 e. The maximum absolute atomic E-state index is 12.9. The fourth-order valence-electron chi connectivity index (χ4n) is 4.21. The topological polar surface area (TPSA) is 116 Å². The standard InChI is InChI=1S/C28H35N3O8/c1-35-21-9-10-22(36-2)20(17-21)8-12-26(33)30-13-6-14-31(30)27(34)18-29-25(32)11-7-19-15-23(37-3)28(39-5)24(16-19)38-4/h8-10,12,15-17H,6-7,11,13-14,18H2,1-5H3,(H,29,32). The summed E-state index contributed by atoms with van der Waals surface area (Å²) in [6.45, 7) is 0.576. The molecule has 2 aromatic rings. The summed E-state index contributed by atoms with van der Waals surface area (Å²) in [7, 11) is 7.67. The molecule has 0 aliphatic carbocycles. The summed E-state index contributed by atoms with van der Waals surface area (Å²) >= 11 is 0. The Bertz CT molecular complexity index is 1190. The monoisotopic (exact) mass is 541 g/mol. The van der Waals surface area contributed by atoms with E-state index in [1.807, 2.05) is 0 Å². The average Bonchev–Trinajstić information content (AvgIpc) is 3.47. The molecule has 210 valence electrons. The normalized spacial score (nSPS) is 12.8. The molecule has 0 saturated carbocycles. The Morgan fingerprint density at radius 1 is 0.846 bits per heavy atom. The summed E-state index contributed by atoms with van der Waals surface area (Å²) in [5.41, 5.74) is 1.49. The van der Waals surface area contributed by atoms with E-state index in [9.17, 15) is 14.4 Å². The van der Waals surface area contributed by atoms with Crippen LogP contribution in [-0.4, -0.2) is 82.9 Å². The van der Waals surface area contributed by atoms with Gasteiger partial charge in [-0.15, -0.1) is 0 Å². The van der Waals surface area contributed by atoms with E-state index < -0.39 is 0 Å². The number of nitrogens with zero attached hydrogens (tertiary/aromatic N) is 2. The zero-order valence-corrected chi connectivity index (χ0v) is 22.9. The minimum absolute atomic E-state index is 0.152. The minimum atomic E-state index is -0.366. The molecule has 0 spiro atoms. The first-order chi connectivity index (χ1) is 18.8. The van der Waals surface area contributed by atoms with Gasteiger partial charge in [-0.25, -0.2) is 10.0 Å². The summed E-state index contributed by atoms with van der Waals surface area (Å²) in [6.07, 6.45) is 4.21. The van der Waals surface area contributed by atoms with Gasteiger partial charge in [0.25, 0.3) is 11.8 Å².